The second-order valence-corrected chi connectivity index (χ2v) is 7.73. The summed E-state index contributed by atoms with van der Waals surface area (Å²) in [6.07, 6.45) is 4.82. The summed E-state index contributed by atoms with van der Waals surface area (Å²) in [5.74, 6) is -1.90. The van der Waals surface area contributed by atoms with E-state index < -0.39 is 5.92 Å². The van der Waals surface area contributed by atoms with Crippen molar-refractivity contribution in [3.05, 3.63) is 51.4 Å². The Labute approximate surface area is 157 Å². The summed E-state index contributed by atoms with van der Waals surface area (Å²) in [5, 5.41) is 0. The van der Waals surface area contributed by atoms with Gasteiger partial charge in [0.15, 0.2) is 0 Å². The fourth-order valence-corrected chi connectivity index (χ4v) is 3.98. The van der Waals surface area contributed by atoms with Gasteiger partial charge in [0.1, 0.15) is 5.82 Å². The summed E-state index contributed by atoms with van der Waals surface area (Å²) < 4.78 is 26.5. The number of aromatic amines is 1. The van der Waals surface area contributed by atoms with Crippen LogP contribution < -0.4 is 5.56 Å². The molecule has 144 valence electrons. The minimum Gasteiger partial charge on any atom is -0.306 e. The smallest absolute Gasteiger partial charge is 0.254 e. The molecule has 6 heteroatoms. The van der Waals surface area contributed by atoms with Crippen LogP contribution in [0.15, 0.2) is 29.1 Å². The van der Waals surface area contributed by atoms with E-state index in [2.05, 4.69) is 9.88 Å². The van der Waals surface area contributed by atoms with E-state index in [-0.39, 0.29) is 18.4 Å². The Kier molecular flexibility index (Phi) is 5.08. The summed E-state index contributed by atoms with van der Waals surface area (Å²) in [6, 6.07) is 7.89. The minimum atomic E-state index is -2.51. The highest BCUT2D eigenvalue weighted by Crippen LogP contribution is 2.28. The van der Waals surface area contributed by atoms with Crippen LogP contribution in [0.25, 0.3) is 11.4 Å². The SMILES string of the molecule is O=c1[nH]c(-c2ccc(CN3CCC(F)(F)CC3)cc2)nc2c1CCCCC2. The third-order valence-electron chi connectivity index (χ3n) is 5.66. The zero-order chi connectivity index (χ0) is 18.9. The number of halogens is 2. The number of alkyl halides is 2. The Morgan fingerprint density at radius 3 is 2.48 bits per heavy atom. The van der Waals surface area contributed by atoms with Crippen LogP contribution in [0.3, 0.4) is 0 Å². The maximum Gasteiger partial charge on any atom is 0.254 e. The lowest BCUT2D eigenvalue weighted by molar-refractivity contribution is -0.0566. The van der Waals surface area contributed by atoms with Gasteiger partial charge in [-0.2, -0.15) is 0 Å². The summed E-state index contributed by atoms with van der Waals surface area (Å²) in [4.78, 5) is 22.1. The van der Waals surface area contributed by atoms with Gasteiger partial charge in [0.25, 0.3) is 11.5 Å². The lowest BCUT2D eigenvalue weighted by Crippen LogP contribution is -2.38. The maximum atomic E-state index is 13.3. The van der Waals surface area contributed by atoms with Gasteiger partial charge in [-0.25, -0.2) is 13.8 Å². The molecule has 1 N–H and O–H groups in total. The molecule has 1 aromatic heterocycles. The number of rotatable bonds is 3. The largest absolute Gasteiger partial charge is 0.306 e. The van der Waals surface area contributed by atoms with Gasteiger partial charge in [-0.05, 0) is 31.2 Å². The third kappa shape index (κ3) is 4.26. The van der Waals surface area contributed by atoms with Crippen molar-refractivity contribution in [2.75, 3.05) is 13.1 Å². The summed E-state index contributed by atoms with van der Waals surface area (Å²) in [5.41, 5.74) is 3.73. The quantitative estimate of drug-likeness (QED) is 0.829. The van der Waals surface area contributed by atoms with Crippen molar-refractivity contribution in [1.82, 2.24) is 14.9 Å². The Hall–Kier alpha value is -2.08. The molecule has 0 atom stereocenters. The average Bonchev–Trinajstić information content (AvgIpc) is 2.90. The van der Waals surface area contributed by atoms with Crippen molar-refractivity contribution in [2.24, 2.45) is 0 Å². The summed E-state index contributed by atoms with van der Waals surface area (Å²) in [7, 11) is 0. The molecule has 2 aromatic rings. The molecule has 0 radical (unpaired) electrons. The van der Waals surface area contributed by atoms with Gasteiger partial charge in [0, 0.05) is 43.6 Å². The molecule has 2 heterocycles. The molecule has 1 aliphatic carbocycles. The van der Waals surface area contributed by atoms with E-state index >= 15 is 0 Å². The number of aromatic nitrogens is 2. The molecular weight excluding hydrogens is 348 g/mol. The molecule has 0 saturated carbocycles. The number of fused-ring (bicyclic) bond motifs is 1. The lowest BCUT2D eigenvalue weighted by Gasteiger charge is -2.31. The maximum absolute atomic E-state index is 13.3. The molecule has 2 aliphatic rings. The van der Waals surface area contributed by atoms with E-state index in [4.69, 9.17) is 4.98 Å². The van der Waals surface area contributed by atoms with Crippen LogP contribution in [0.1, 0.15) is 48.9 Å². The molecule has 0 unspecified atom stereocenters. The number of likely N-dealkylation sites (tertiary alicyclic amines) is 1. The van der Waals surface area contributed by atoms with Crippen LogP contribution in [-0.2, 0) is 19.4 Å². The molecule has 4 nitrogen and oxygen atoms in total. The summed E-state index contributed by atoms with van der Waals surface area (Å²) >= 11 is 0. The molecule has 0 amide bonds. The van der Waals surface area contributed by atoms with Crippen molar-refractivity contribution in [1.29, 1.82) is 0 Å². The van der Waals surface area contributed by atoms with Crippen molar-refractivity contribution in [2.45, 2.75) is 57.4 Å². The molecule has 4 rings (SSSR count). The number of H-pyrrole nitrogens is 1. The van der Waals surface area contributed by atoms with Gasteiger partial charge < -0.3 is 4.98 Å². The number of nitrogens with zero attached hydrogens (tertiary/aromatic N) is 2. The van der Waals surface area contributed by atoms with E-state index in [0.29, 0.717) is 25.5 Å². The second kappa shape index (κ2) is 7.50. The topological polar surface area (TPSA) is 49.0 Å². The molecular formula is C21H25F2N3O. The van der Waals surface area contributed by atoms with E-state index in [0.717, 1.165) is 54.5 Å². The van der Waals surface area contributed by atoms with Gasteiger partial charge in [0.2, 0.25) is 0 Å². The van der Waals surface area contributed by atoms with Crippen LogP contribution >= 0.6 is 0 Å². The van der Waals surface area contributed by atoms with Gasteiger partial charge >= 0.3 is 0 Å². The zero-order valence-corrected chi connectivity index (χ0v) is 15.4. The standard InChI is InChI=1S/C21H25F2N3O/c22-21(23)10-12-26(13-11-21)14-15-6-8-16(9-7-15)19-24-18-5-3-1-2-4-17(18)20(27)25-19/h6-9H,1-5,10-14H2,(H,24,25,27). The highest BCUT2D eigenvalue weighted by molar-refractivity contribution is 5.55. The molecule has 1 fully saturated rings. The molecule has 27 heavy (non-hydrogen) atoms. The summed E-state index contributed by atoms with van der Waals surface area (Å²) in [6.45, 7) is 1.52. The van der Waals surface area contributed by atoms with Crippen molar-refractivity contribution in [3.8, 4) is 11.4 Å². The molecule has 0 spiro atoms. The number of piperidine rings is 1. The highest BCUT2D eigenvalue weighted by atomic mass is 19.3. The van der Waals surface area contributed by atoms with Crippen LogP contribution in [0.5, 0.6) is 0 Å². The van der Waals surface area contributed by atoms with Crippen molar-refractivity contribution >= 4 is 0 Å². The number of hydrogen-bond acceptors (Lipinski definition) is 3. The molecule has 1 aromatic carbocycles. The zero-order valence-electron chi connectivity index (χ0n) is 15.4. The predicted octanol–water partition coefficient (Wildman–Crippen LogP) is 3.94. The van der Waals surface area contributed by atoms with Crippen molar-refractivity contribution in [3.63, 3.8) is 0 Å². The Morgan fingerprint density at radius 1 is 1.04 bits per heavy atom. The molecule has 1 saturated heterocycles. The van der Waals surface area contributed by atoms with Crippen LogP contribution in [0.4, 0.5) is 8.78 Å². The first kappa shape index (κ1) is 18.3. The average molecular weight is 373 g/mol. The predicted molar refractivity (Wildman–Crippen MR) is 101 cm³/mol. The van der Waals surface area contributed by atoms with E-state index in [1.807, 2.05) is 24.3 Å². The monoisotopic (exact) mass is 373 g/mol. The third-order valence-corrected chi connectivity index (χ3v) is 5.66. The number of nitrogens with one attached hydrogen (secondary N) is 1. The Bertz CT molecular complexity index is 851. The second-order valence-electron chi connectivity index (χ2n) is 7.73. The number of aryl methyl sites for hydroxylation is 1. The normalized spacial score (nSPS) is 20.1. The fourth-order valence-electron chi connectivity index (χ4n) is 3.98. The Morgan fingerprint density at radius 2 is 1.74 bits per heavy atom. The molecule has 0 bridgehead atoms. The van der Waals surface area contributed by atoms with Crippen LogP contribution in [0, 0.1) is 0 Å². The molecule has 1 aliphatic heterocycles. The van der Waals surface area contributed by atoms with E-state index in [9.17, 15) is 13.6 Å². The van der Waals surface area contributed by atoms with Gasteiger partial charge in [0.05, 0.1) is 5.69 Å². The fraction of sp³-hybridized carbons (Fsp3) is 0.524. The van der Waals surface area contributed by atoms with Crippen LogP contribution in [0.2, 0.25) is 0 Å². The van der Waals surface area contributed by atoms with E-state index in [1.165, 1.54) is 0 Å². The Balaban J connectivity index is 1.49. The van der Waals surface area contributed by atoms with Crippen LogP contribution in [-0.4, -0.2) is 33.9 Å². The van der Waals surface area contributed by atoms with Crippen molar-refractivity contribution < 1.29 is 8.78 Å². The number of hydrogen-bond donors (Lipinski definition) is 1. The van der Waals surface area contributed by atoms with Gasteiger partial charge in [-0.1, -0.05) is 30.7 Å². The van der Waals surface area contributed by atoms with Gasteiger partial charge in [-0.15, -0.1) is 0 Å². The first-order valence-electron chi connectivity index (χ1n) is 9.82. The van der Waals surface area contributed by atoms with E-state index in [1.54, 1.807) is 0 Å². The lowest BCUT2D eigenvalue weighted by atomic mass is 10.1. The minimum absolute atomic E-state index is 0.0183. The number of benzene rings is 1. The van der Waals surface area contributed by atoms with Gasteiger partial charge in [-0.3, -0.25) is 9.69 Å². The first-order valence-corrected chi connectivity index (χ1v) is 9.82. The first-order chi connectivity index (χ1) is 13.0. The highest BCUT2D eigenvalue weighted by Gasteiger charge is 2.33.